The molecule has 0 aromatic rings. The standard InChI is InChI=1S/C20H42O4S.Na/c1-3-5-7-9-10-12-13-15-19(21)17-18-20(25(22,23)24)16-14-11-8-6-4-2;/h19-21H,3-18H2,1-2H3,(H,22,23,24);/q;+1/p-1. The maximum Gasteiger partial charge on any atom is 1.00 e. The van der Waals surface area contributed by atoms with Gasteiger partial charge in [0.15, 0.2) is 0 Å². The molecule has 4 nitrogen and oxygen atoms in total. The number of aliphatic hydroxyl groups is 1. The molecular formula is C20H41NaO4S. The van der Waals surface area contributed by atoms with E-state index in [0.29, 0.717) is 19.3 Å². The predicted octanol–water partition coefficient (Wildman–Crippen LogP) is 2.55. The number of unbranched alkanes of at least 4 members (excludes halogenated alkanes) is 10. The second-order valence-electron chi connectivity index (χ2n) is 7.46. The maximum absolute atomic E-state index is 11.4. The quantitative estimate of drug-likeness (QED) is 0.218. The van der Waals surface area contributed by atoms with Gasteiger partial charge in [0.05, 0.1) is 16.2 Å². The molecule has 26 heavy (non-hydrogen) atoms. The Kier molecular flexibility index (Phi) is 21.5. The summed E-state index contributed by atoms with van der Waals surface area (Å²) < 4.78 is 34.2. The van der Waals surface area contributed by atoms with Crippen molar-refractivity contribution in [1.82, 2.24) is 0 Å². The molecule has 0 spiro atoms. The van der Waals surface area contributed by atoms with E-state index in [9.17, 15) is 18.1 Å². The zero-order valence-corrected chi connectivity index (χ0v) is 20.4. The molecule has 0 saturated carbocycles. The van der Waals surface area contributed by atoms with Crippen LogP contribution in [0, 0.1) is 0 Å². The van der Waals surface area contributed by atoms with E-state index in [2.05, 4.69) is 13.8 Å². The van der Waals surface area contributed by atoms with Gasteiger partial charge in [-0.15, -0.1) is 0 Å². The van der Waals surface area contributed by atoms with Crippen LogP contribution in [0.25, 0.3) is 0 Å². The van der Waals surface area contributed by atoms with Gasteiger partial charge in [-0.2, -0.15) is 0 Å². The molecule has 2 atom stereocenters. The van der Waals surface area contributed by atoms with Crippen molar-refractivity contribution < 1.29 is 47.6 Å². The summed E-state index contributed by atoms with van der Waals surface area (Å²) in [6.07, 6.45) is 15.0. The van der Waals surface area contributed by atoms with Crippen LogP contribution < -0.4 is 29.6 Å². The number of hydrogen-bond donors (Lipinski definition) is 1. The van der Waals surface area contributed by atoms with Crippen LogP contribution in [0.3, 0.4) is 0 Å². The number of hydrogen-bond acceptors (Lipinski definition) is 4. The summed E-state index contributed by atoms with van der Waals surface area (Å²) in [5.74, 6) is 0. The molecule has 2 unspecified atom stereocenters. The molecule has 0 aliphatic rings. The third-order valence-corrected chi connectivity index (χ3v) is 6.29. The topological polar surface area (TPSA) is 77.4 Å². The Labute approximate surface area is 185 Å². The molecule has 0 amide bonds. The maximum atomic E-state index is 11.4. The van der Waals surface area contributed by atoms with Gasteiger partial charge < -0.3 is 9.66 Å². The second kappa shape index (κ2) is 19.2. The summed E-state index contributed by atoms with van der Waals surface area (Å²) in [6, 6.07) is 0. The molecule has 0 aliphatic heterocycles. The Morgan fingerprint density at radius 2 is 1.12 bits per heavy atom. The smallest absolute Gasteiger partial charge is 0.748 e. The van der Waals surface area contributed by atoms with Gasteiger partial charge in [0.2, 0.25) is 0 Å². The molecule has 0 fully saturated rings. The molecular weight excluding hydrogens is 359 g/mol. The van der Waals surface area contributed by atoms with E-state index in [1.165, 1.54) is 32.1 Å². The summed E-state index contributed by atoms with van der Waals surface area (Å²) in [4.78, 5) is 0. The zero-order valence-electron chi connectivity index (χ0n) is 17.5. The molecule has 0 aliphatic carbocycles. The van der Waals surface area contributed by atoms with Crippen LogP contribution in [0.2, 0.25) is 0 Å². The first-order valence-electron chi connectivity index (χ1n) is 10.5. The van der Waals surface area contributed by atoms with Crippen molar-refractivity contribution in [3.8, 4) is 0 Å². The van der Waals surface area contributed by atoms with E-state index in [-0.39, 0.29) is 29.6 Å². The fraction of sp³-hybridized carbons (Fsp3) is 1.00. The van der Waals surface area contributed by atoms with Crippen molar-refractivity contribution in [3.05, 3.63) is 0 Å². The van der Waals surface area contributed by atoms with Crippen molar-refractivity contribution in [2.45, 2.75) is 128 Å². The Bertz CT molecular complexity index is 387. The molecule has 0 aromatic heterocycles. The van der Waals surface area contributed by atoms with Gasteiger partial charge in [-0.1, -0.05) is 90.9 Å². The van der Waals surface area contributed by atoms with Gasteiger partial charge in [-0.25, -0.2) is 8.42 Å². The normalized spacial score (nSPS) is 14.0. The molecule has 0 bridgehead atoms. The Hall–Kier alpha value is 0.870. The van der Waals surface area contributed by atoms with Crippen LogP contribution in [0.4, 0.5) is 0 Å². The average molecular weight is 401 g/mol. The van der Waals surface area contributed by atoms with Crippen LogP contribution in [-0.4, -0.2) is 29.4 Å². The first kappa shape index (κ1) is 29.1. The average Bonchev–Trinajstić information content (AvgIpc) is 2.55. The summed E-state index contributed by atoms with van der Waals surface area (Å²) in [5.41, 5.74) is 0. The van der Waals surface area contributed by atoms with Crippen molar-refractivity contribution in [2.75, 3.05) is 0 Å². The minimum atomic E-state index is -4.25. The number of rotatable bonds is 18. The zero-order chi connectivity index (χ0) is 19.0. The molecule has 0 aromatic carbocycles. The third-order valence-electron chi connectivity index (χ3n) is 5.00. The van der Waals surface area contributed by atoms with Crippen molar-refractivity contribution >= 4 is 10.1 Å². The summed E-state index contributed by atoms with van der Waals surface area (Å²) in [6.45, 7) is 4.34. The molecule has 0 saturated heterocycles. The van der Waals surface area contributed by atoms with Crippen LogP contribution in [0.1, 0.15) is 117 Å². The van der Waals surface area contributed by atoms with Gasteiger partial charge >= 0.3 is 29.6 Å². The van der Waals surface area contributed by atoms with E-state index in [0.717, 1.165) is 51.4 Å². The molecule has 1 N–H and O–H groups in total. The second-order valence-corrected chi connectivity index (χ2v) is 9.11. The van der Waals surface area contributed by atoms with Gasteiger partial charge in [0.1, 0.15) is 0 Å². The molecule has 0 heterocycles. The Morgan fingerprint density at radius 3 is 1.58 bits per heavy atom. The van der Waals surface area contributed by atoms with Gasteiger partial charge in [0, 0.05) is 5.25 Å². The van der Waals surface area contributed by atoms with Gasteiger partial charge in [-0.3, -0.25) is 0 Å². The Morgan fingerprint density at radius 1 is 0.692 bits per heavy atom. The van der Waals surface area contributed by atoms with Crippen molar-refractivity contribution in [1.29, 1.82) is 0 Å². The van der Waals surface area contributed by atoms with Crippen LogP contribution in [0.15, 0.2) is 0 Å². The molecule has 152 valence electrons. The van der Waals surface area contributed by atoms with Crippen LogP contribution in [-0.2, 0) is 10.1 Å². The number of aliphatic hydroxyl groups excluding tert-OH is 1. The van der Waals surface area contributed by atoms with Gasteiger partial charge in [-0.05, 0) is 25.7 Å². The summed E-state index contributed by atoms with van der Waals surface area (Å²) in [5, 5.41) is 9.23. The van der Waals surface area contributed by atoms with E-state index in [4.69, 9.17) is 0 Å². The monoisotopic (exact) mass is 400 g/mol. The third kappa shape index (κ3) is 18.2. The molecule has 0 rings (SSSR count). The SMILES string of the molecule is CCCCCCCCCC(O)CCC(CCCCCCC)S(=O)(=O)[O-].[Na+]. The van der Waals surface area contributed by atoms with Crippen LogP contribution in [0.5, 0.6) is 0 Å². The Balaban J connectivity index is 0. The minimum Gasteiger partial charge on any atom is -0.748 e. The summed E-state index contributed by atoms with van der Waals surface area (Å²) in [7, 11) is -4.25. The first-order chi connectivity index (χ1) is 11.9. The molecule has 0 radical (unpaired) electrons. The van der Waals surface area contributed by atoms with Gasteiger partial charge in [0.25, 0.3) is 0 Å². The van der Waals surface area contributed by atoms with E-state index in [1.54, 1.807) is 0 Å². The predicted molar refractivity (Wildman–Crippen MR) is 105 cm³/mol. The van der Waals surface area contributed by atoms with Crippen molar-refractivity contribution in [2.24, 2.45) is 0 Å². The van der Waals surface area contributed by atoms with Crippen LogP contribution >= 0.6 is 0 Å². The van der Waals surface area contributed by atoms with E-state index in [1.807, 2.05) is 0 Å². The van der Waals surface area contributed by atoms with E-state index >= 15 is 0 Å². The fourth-order valence-electron chi connectivity index (χ4n) is 3.27. The van der Waals surface area contributed by atoms with E-state index < -0.39 is 21.5 Å². The fourth-order valence-corrected chi connectivity index (χ4v) is 4.15. The largest absolute Gasteiger partial charge is 1.00 e. The van der Waals surface area contributed by atoms with Crippen molar-refractivity contribution in [3.63, 3.8) is 0 Å². The molecule has 6 heteroatoms. The summed E-state index contributed by atoms with van der Waals surface area (Å²) >= 11 is 0. The first-order valence-corrected chi connectivity index (χ1v) is 12.0. The minimum absolute atomic E-state index is 0.